The Morgan fingerprint density at radius 2 is 2.14 bits per heavy atom. The largest absolute Gasteiger partial charge is 0.455 e. The van der Waals surface area contributed by atoms with E-state index in [4.69, 9.17) is 23.7 Å². The summed E-state index contributed by atoms with van der Waals surface area (Å²) in [5.74, 6) is 1.55. The minimum Gasteiger partial charge on any atom is -0.455 e. The molecule has 2 saturated heterocycles. The van der Waals surface area contributed by atoms with Crippen LogP contribution in [0.4, 0.5) is 0 Å². The van der Waals surface area contributed by atoms with Crippen LogP contribution in [0, 0.1) is 12.8 Å². The Labute approximate surface area is 163 Å². The van der Waals surface area contributed by atoms with Crippen LogP contribution in [-0.4, -0.2) is 61.4 Å². The first kappa shape index (κ1) is 17.9. The van der Waals surface area contributed by atoms with Crippen molar-refractivity contribution in [1.29, 1.82) is 0 Å². The first-order valence-electron chi connectivity index (χ1n) is 9.93. The molecule has 0 unspecified atom stereocenters. The SMILES string of the molecule is Cc1c(C(=O)NC[C@@H]2COCCO2)oc2c1-c1nn(CC3COC3)cc1CC2. The van der Waals surface area contributed by atoms with Gasteiger partial charge in [0.25, 0.3) is 5.91 Å². The summed E-state index contributed by atoms with van der Waals surface area (Å²) in [5, 5.41) is 7.71. The topological polar surface area (TPSA) is 87.8 Å². The lowest BCUT2D eigenvalue weighted by molar-refractivity contribution is -0.0856. The molecule has 150 valence electrons. The zero-order valence-corrected chi connectivity index (χ0v) is 16.0. The minimum absolute atomic E-state index is 0.111. The van der Waals surface area contributed by atoms with E-state index in [1.54, 1.807) is 0 Å². The number of hydrogen-bond acceptors (Lipinski definition) is 6. The molecule has 4 heterocycles. The number of rotatable bonds is 5. The van der Waals surface area contributed by atoms with Crippen molar-refractivity contribution in [3.05, 3.63) is 28.8 Å². The van der Waals surface area contributed by atoms with Gasteiger partial charge in [-0.15, -0.1) is 0 Å². The molecular weight excluding hydrogens is 362 g/mol. The molecule has 0 saturated carbocycles. The van der Waals surface area contributed by atoms with Crippen molar-refractivity contribution in [3.63, 3.8) is 0 Å². The summed E-state index contributed by atoms with van der Waals surface area (Å²) >= 11 is 0. The molecule has 2 aromatic heterocycles. The number of furan rings is 1. The molecule has 28 heavy (non-hydrogen) atoms. The van der Waals surface area contributed by atoms with E-state index in [9.17, 15) is 4.79 Å². The van der Waals surface area contributed by atoms with Gasteiger partial charge < -0.3 is 23.9 Å². The van der Waals surface area contributed by atoms with Crippen molar-refractivity contribution >= 4 is 5.91 Å². The summed E-state index contributed by atoms with van der Waals surface area (Å²) in [6.45, 7) is 6.50. The smallest absolute Gasteiger partial charge is 0.287 e. The summed E-state index contributed by atoms with van der Waals surface area (Å²) in [6, 6.07) is 0. The third kappa shape index (κ3) is 3.25. The molecule has 3 aliphatic rings. The predicted molar refractivity (Wildman–Crippen MR) is 99.3 cm³/mol. The van der Waals surface area contributed by atoms with Crippen LogP contribution in [0.1, 0.15) is 27.4 Å². The standard InChI is InChI=1S/C20H25N3O5/c1-12-17-16(28-19(12)20(24)21-6-15-11-25-4-5-27-15)3-2-14-8-23(22-18(14)17)7-13-9-26-10-13/h8,13,15H,2-7,9-11H2,1H3,(H,21,24)/t15-/m1/s1. The number of fused-ring (bicyclic) bond motifs is 3. The van der Waals surface area contributed by atoms with Crippen LogP contribution in [-0.2, 0) is 33.6 Å². The highest BCUT2D eigenvalue weighted by Crippen LogP contribution is 2.38. The molecule has 2 aliphatic heterocycles. The Morgan fingerprint density at radius 1 is 1.25 bits per heavy atom. The van der Waals surface area contributed by atoms with E-state index in [1.165, 1.54) is 5.56 Å². The molecule has 1 atom stereocenters. The fourth-order valence-corrected chi connectivity index (χ4v) is 4.07. The molecule has 0 radical (unpaired) electrons. The number of carbonyl (C=O) groups excluding carboxylic acids is 1. The Morgan fingerprint density at radius 3 is 2.89 bits per heavy atom. The average molecular weight is 387 g/mol. The van der Waals surface area contributed by atoms with Gasteiger partial charge in [0.1, 0.15) is 5.76 Å². The lowest BCUT2D eigenvalue weighted by Crippen LogP contribution is -2.39. The molecule has 5 rings (SSSR count). The van der Waals surface area contributed by atoms with Gasteiger partial charge in [0, 0.05) is 42.8 Å². The lowest BCUT2D eigenvalue weighted by atomic mass is 9.93. The van der Waals surface area contributed by atoms with E-state index < -0.39 is 0 Å². The second-order valence-corrected chi connectivity index (χ2v) is 7.76. The Kier molecular flexibility index (Phi) is 4.70. The van der Waals surface area contributed by atoms with Gasteiger partial charge in [-0.1, -0.05) is 0 Å². The van der Waals surface area contributed by atoms with Gasteiger partial charge in [-0.05, 0) is 18.9 Å². The summed E-state index contributed by atoms with van der Waals surface area (Å²) in [4.78, 5) is 12.7. The first-order chi connectivity index (χ1) is 13.7. The molecule has 1 N–H and O–H groups in total. The maximum Gasteiger partial charge on any atom is 0.287 e. The van der Waals surface area contributed by atoms with Crippen molar-refractivity contribution < 1.29 is 23.4 Å². The second kappa shape index (κ2) is 7.35. The average Bonchev–Trinajstić information content (AvgIpc) is 3.24. The number of aromatic nitrogens is 2. The van der Waals surface area contributed by atoms with Crippen LogP contribution in [0.5, 0.6) is 0 Å². The van der Waals surface area contributed by atoms with Crippen molar-refractivity contribution in [2.45, 2.75) is 32.4 Å². The molecular formula is C20H25N3O5. The highest BCUT2D eigenvalue weighted by Gasteiger charge is 2.30. The van der Waals surface area contributed by atoms with Crippen LogP contribution < -0.4 is 5.32 Å². The highest BCUT2D eigenvalue weighted by atomic mass is 16.6. The predicted octanol–water partition coefficient (Wildman–Crippen LogP) is 1.34. The van der Waals surface area contributed by atoms with E-state index in [0.29, 0.717) is 38.0 Å². The summed E-state index contributed by atoms with van der Waals surface area (Å²) in [6.07, 6.45) is 3.68. The molecule has 2 aromatic rings. The van der Waals surface area contributed by atoms with Crippen molar-refractivity contribution in [3.8, 4) is 11.3 Å². The van der Waals surface area contributed by atoms with Crippen LogP contribution in [0.15, 0.2) is 10.6 Å². The zero-order chi connectivity index (χ0) is 19.1. The van der Waals surface area contributed by atoms with Gasteiger partial charge in [-0.3, -0.25) is 9.48 Å². The van der Waals surface area contributed by atoms with Crippen molar-refractivity contribution in [2.24, 2.45) is 5.92 Å². The molecule has 8 nitrogen and oxygen atoms in total. The molecule has 8 heteroatoms. The van der Waals surface area contributed by atoms with Gasteiger partial charge in [-0.2, -0.15) is 5.10 Å². The van der Waals surface area contributed by atoms with Gasteiger partial charge in [0.05, 0.1) is 44.8 Å². The molecule has 1 aliphatic carbocycles. The molecule has 1 amide bonds. The molecule has 0 spiro atoms. The zero-order valence-electron chi connectivity index (χ0n) is 16.0. The second-order valence-electron chi connectivity index (χ2n) is 7.76. The third-order valence-corrected chi connectivity index (χ3v) is 5.65. The van der Waals surface area contributed by atoms with Gasteiger partial charge >= 0.3 is 0 Å². The summed E-state index contributed by atoms with van der Waals surface area (Å²) in [5.41, 5.74) is 4.00. The Bertz CT molecular complexity index is 877. The Balaban J connectivity index is 1.34. The highest BCUT2D eigenvalue weighted by molar-refractivity contribution is 5.95. The van der Waals surface area contributed by atoms with Crippen LogP contribution in [0.3, 0.4) is 0 Å². The number of nitrogens with zero attached hydrogens (tertiary/aromatic N) is 2. The Hall–Kier alpha value is -2.16. The lowest BCUT2D eigenvalue weighted by Gasteiger charge is -2.25. The fourth-order valence-electron chi connectivity index (χ4n) is 4.07. The summed E-state index contributed by atoms with van der Waals surface area (Å²) in [7, 11) is 0. The normalized spacial score (nSPS) is 21.7. The fraction of sp³-hybridized carbons (Fsp3) is 0.600. The van der Waals surface area contributed by atoms with E-state index >= 15 is 0 Å². The minimum atomic E-state index is -0.214. The van der Waals surface area contributed by atoms with Crippen LogP contribution >= 0.6 is 0 Å². The third-order valence-electron chi connectivity index (χ3n) is 5.65. The monoisotopic (exact) mass is 387 g/mol. The maximum absolute atomic E-state index is 12.7. The summed E-state index contributed by atoms with van der Waals surface area (Å²) < 4.78 is 24.2. The van der Waals surface area contributed by atoms with Gasteiger partial charge in [-0.25, -0.2) is 0 Å². The number of amides is 1. The molecule has 0 aromatic carbocycles. The number of ether oxygens (including phenoxy) is 3. The molecule has 0 bridgehead atoms. The van der Waals surface area contributed by atoms with Gasteiger partial charge in [0.15, 0.2) is 5.76 Å². The van der Waals surface area contributed by atoms with Crippen molar-refractivity contribution in [1.82, 2.24) is 15.1 Å². The number of carbonyl (C=O) groups is 1. The first-order valence-corrected chi connectivity index (χ1v) is 9.93. The van der Waals surface area contributed by atoms with E-state index in [-0.39, 0.29) is 12.0 Å². The number of nitrogens with one attached hydrogen (secondary N) is 1. The van der Waals surface area contributed by atoms with E-state index in [2.05, 4.69) is 11.5 Å². The molecule has 2 fully saturated rings. The van der Waals surface area contributed by atoms with E-state index in [0.717, 1.165) is 55.2 Å². The number of aryl methyl sites for hydroxylation is 2. The number of hydrogen-bond donors (Lipinski definition) is 1. The van der Waals surface area contributed by atoms with E-state index in [1.807, 2.05) is 11.6 Å². The van der Waals surface area contributed by atoms with Gasteiger partial charge in [0.2, 0.25) is 0 Å². The van der Waals surface area contributed by atoms with Crippen molar-refractivity contribution in [2.75, 3.05) is 39.6 Å². The quantitative estimate of drug-likeness (QED) is 0.833. The maximum atomic E-state index is 12.7. The van der Waals surface area contributed by atoms with Crippen LogP contribution in [0.25, 0.3) is 11.3 Å². The van der Waals surface area contributed by atoms with Crippen LogP contribution in [0.2, 0.25) is 0 Å².